The second-order valence-electron chi connectivity index (χ2n) is 2.38. The molecule has 0 bridgehead atoms. The molecule has 0 spiro atoms. The number of cyclic esters (lactones) is 1. The Balaban J connectivity index is 2.75. The normalized spacial score (nSPS) is 17.0. The van der Waals surface area contributed by atoms with Crippen molar-refractivity contribution in [1.29, 1.82) is 0 Å². The Bertz CT molecular complexity index is 239. The number of aliphatic hydroxyl groups excluding tert-OH is 1. The number of rotatable bonds is 2. The second-order valence-corrected chi connectivity index (χ2v) is 2.38. The lowest BCUT2D eigenvalue weighted by atomic mass is 10.1. The summed E-state index contributed by atoms with van der Waals surface area (Å²) >= 11 is 0. The van der Waals surface area contributed by atoms with Gasteiger partial charge in [0.2, 0.25) is 0 Å². The van der Waals surface area contributed by atoms with Crippen molar-refractivity contribution >= 4 is 11.8 Å². The third kappa shape index (κ3) is 1.58. The van der Waals surface area contributed by atoms with Crippen LogP contribution in [-0.2, 0) is 14.3 Å². The van der Waals surface area contributed by atoms with Gasteiger partial charge in [0.1, 0.15) is 18.1 Å². The topological polar surface area (TPSA) is 63.6 Å². The van der Waals surface area contributed by atoms with E-state index in [0.29, 0.717) is 0 Å². The highest BCUT2D eigenvalue weighted by atomic mass is 16.5. The van der Waals surface area contributed by atoms with E-state index in [1.165, 1.54) is 6.92 Å². The highest BCUT2D eigenvalue weighted by Gasteiger charge is 2.25. The van der Waals surface area contributed by atoms with E-state index in [4.69, 9.17) is 5.11 Å². The number of carbonyl (C=O) groups is 2. The highest BCUT2D eigenvalue weighted by molar-refractivity contribution is 5.97. The van der Waals surface area contributed by atoms with E-state index >= 15 is 0 Å². The Hall–Kier alpha value is -1.32. The molecule has 0 aliphatic carbocycles. The van der Waals surface area contributed by atoms with Gasteiger partial charge < -0.3 is 9.84 Å². The summed E-state index contributed by atoms with van der Waals surface area (Å²) in [5.74, 6) is -0.867. The number of hydrogen-bond acceptors (Lipinski definition) is 4. The number of ketones is 1. The first-order chi connectivity index (χ1) is 5.11. The molecule has 1 aliphatic heterocycles. The van der Waals surface area contributed by atoms with E-state index in [2.05, 4.69) is 4.74 Å². The molecule has 0 unspecified atom stereocenters. The molecule has 11 heavy (non-hydrogen) atoms. The second kappa shape index (κ2) is 2.74. The van der Waals surface area contributed by atoms with E-state index in [0.717, 1.165) is 0 Å². The van der Waals surface area contributed by atoms with Gasteiger partial charge in [-0.1, -0.05) is 0 Å². The summed E-state index contributed by atoms with van der Waals surface area (Å²) in [4.78, 5) is 21.3. The van der Waals surface area contributed by atoms with E-state index in [-0.39, 0.29) is 30.1 Å². The van der Waals surface area contributed by atoms with Crippen molar-refractivity contribution in [2.75, 3.05) is 6.61 Å². The van der Waals surface area contributed by atoms with Gasteiger partial charge in [0.05, 0.1) is 5.57 Å². The maximum Gasteiger partial charge on any atom is 0.338 e. The molecule has 0 amide bonds. The molecule has 60 valence electrons. The van der Waals surface area contributed by atoms with Crippen LogP contribution in [0.3, 0.4) is 0 Å². The molecule has 0 aromatic heterocycles. The zero-order valence-electron chi connectivity index (χ0n) is 6.09. The van der Waals surface area contributed by atoms with Crippen molar-refractivity contribution in [3.63, 3.8) is 0 Å². The van der Waals surface area contributed by atoms with E-state index in [1.807, 2.05) is 0 Å². The Kier molecular flexibility index (Phi) is 1.94. The van der Waals surface area contributed by atoms with Crippen LogP contribution in [0, 0.1) is 0 Å². The van der Waals surface area contributed by atoms with E-state index in [1.54, 1.807) is 0 Å². The predicted octanol–water partition coefficient (Wildman–Crippen LogP) is 0.334. The predicted molar refractivity (Wildman–Crippen MR) is 35.9 cm³/mol. The van der Waals surface area contributed by atoms with Crippen molar-refractivity contribution < 1.29 is 19.4 Å². The van der Waals surface area contributed by atoms with Crippen LogP contribution in [0.2, 0.25) is 0 Å². The molecule has 0 fully saturated rings. The Labute approximate surface area is 63.5 Å². The molecule has 1 N–H and O–H groups in total. The van der Waals surface area contributed by atoms with Gasteiger partial charge in [-0.25, -0.2) is 4.79 Å². The van der Waals surface area contributed by atoms with E-state index < -0.39 is 5.97 Å². The SMILES string of the molecule is CC(=O)CC1=C(O)COC1=O. The van der Waals surface area contributed by atoms with Gasteiger partial charge in [0.15, 0.2) is 0 Å². The molecular weight excluding hydrogens is 148 g/mol. The van der Waals surface area contributed by atoms with Crippen molar-refractivity contribution in [3.05, 3.63) is 11.3 Å². The van der Waals surface area contributed by atoms with Crippen LogP contribution >= 0.6 is 0 Å². The fraction of sp³-hybridized carbons (Fsp3) is 0.429. The van der Waals surface area contributed by atoms with Gasteiger partial charge in [-0.05, 0) is 6.92 Å². The maximum atomic E-state index is 10.7. The monoisotopic (exact) mass is 156 g/mol. The first kappa shape index (κ1) is 7.78. The third-order valence-corrected chi connectivity index (χ3v) is 1.36. The van der Waals surface area contributed by atoms with Gasteiger partial charge in [-0.2, -0.15) is 0 Å². The summed E-state index contributed by atoms with van der Waals surface area (Å²) in [6.07, 6.45) is -0.0370. The number of esters is 1. The molecule has 0 atom stereocenters. The molecule has 0 radical (unpaired) electrons. The molecule has 0 aromatic carbocycles. The third-order valence-electron chi connectivity index (χ3n) is 1.36. The molecule has 0 saturated carbocycles. The fourth-order valence-corrected chi connectivity index (χ4v) is 0.849. The maximum absolute atomic E-state index is 10.7. The Morgan fingerprint density at radius 2 is 2.36 bits per heavy atom. The number of hydrogen-bond donors (Lipinski definition) is 1. The first-order valence-corrected chi connectivity index (χ1v) is 3.19. The van der Waals surface area contributed by atoms with Crippen LogP contribution in [0.4, 0.5) is 0 Å². The smallest absolute Gasteiger partial charge is 0.338 e. The molecule has 1 aliphatic rings. The summed E-state index contributed by atoms with van der Waals surface area (Å²) in [7, 11) is 0. The lowest BCUT2D eigenvalue weighted by Crippen LogP contribution is -2.03. The van der Waals surface area contributed by atoms with Gasteiger partial charge in [0.25, 0.3) is 0 Å². The summed E-state index contributed by atoms with van der Waals surface area (Å²) in [5, 5.41) is 8.99. The van der Waals surface area contributed by atoms with Crippen molar-refractivity contribution in [2.45, 2.75) is 13.3 Å². The van der Waals surface area contributed by atoms with Crippen molar-refractivity contribution in [1.82, 2.24) is 0 Å². The number of aliphatic hydroxyl groups is 1. The largest absolute Gasteiger partial charge is 0.508 e. The molecule has 1 rings (SSSR count). The minimum absolute atomic E-state index is 0.0370. The first-order valence-electron chi connectivity index (χ1n) is 3.19. The number of ether oxygens (including phenoxy) is 1. The van der Waals surface area contributed by atoms with E-state index in [9.17, 15) is 9.59 Å². The minimum atomic E-state index is -0.585. The van der Waals surface area contributed by atoms with Gasteiger partial charge >= 0.3 is 5.97 Å². The molecule has 0 aromatic rings. The molecule has 0 saturated heterocycles. The molecule has 4 heteroatoms. The van der Waals surface area contributed by atoms with Crippen LogP contribution in [-0.4, -0.2) is 23.5 Å². The summed E-state index contributed by atoms with van der Waals surface area (Å²) in [6.45, 7) is 1.26. The van der Waals surface area contributed by atoms with Crippen LogP contribution in [0.15, 0.2) is 11.3 Å². The Morgan fingerprint density at radius 3 is 2.73 bits per heavy atom. The number of Topliss-reactive ketones (excluding diaryl/α,β-unsaturated/α-hetero) is 1. The van der Waals surface area contributed by atoms with Gasteiger partial charge in [-0.3, -0.25) is 4.79 Å². The van der Waals surface area contributed by atoms with Crippen LogP contribution in [0.1, 0.15) is 13.3 Å². The molecular formula is C7H8O4. The summed E-state index contributed by atoms with van der Waals surface area (Å²) in [5.41, 5.74) is 0.0949. The lowest BCUT2D eigenvalue weighted by Gasteiger charge is -1.92. The zero-order valence-corrected chi connectivity index (χ0v) is 6.09. The fourth-order valence-electron chi connectivity index (χ4n) is 0.849. The van der Waals surface area contributed by atoms with Crippen molar-refractivity contribution in [3.8, 4) is 0 Å². The minimum Gasteiger partial charge on any atom is -0.508 e. The number of carbonyl (C=O) groups excluding carboxylic acids is 2. The summed E-state index contributed by atoms with van der Waals surface area (Å²) < 4.78 is 4.46. The lowest BCUT2D eigenvalue weighted by molar-refractivity contribution is -0.136. The van der Waals surface area contributed by atoms with Gasteiger partial charge in [-0.15, -0.1) is 0 Å². The van der Waals surface area contributed by atoms with Crippen LogP contribution in [0.5, 0.6) is 0 Å². The molecule has 1 heterocycles. The average molecular weight is 156 g/mol. The average Bonchev–Trinajstić information content (AvgIpc) is 2.18. The standard InChI is InChI=1S/C7H8O4/c1-4(8)2-5-6(9)3-11-7(5)10/h9H,2-3H2,1H3. The van der Waals surface area contributed by atoms with Gasteiger partial charge in [0, 0.05) is 6.42 Å². The highest BCUT2D eigenvalue weighted by Crippen LogP contribution is 2.16. The Morgan fingerprint density at radius 1 is 1.73 bits per heavy atom. The zero-order chi connectivity index (χ0) is 8.43. The van der Waals surface area contributed by atoms with Crippen LogP contribution < -0.4 is 0 Å². The molecule has 4 nitrogen and oxygen atoms in total. The summed E-state index contributed by atoms with van der Waals surface area (Å²) in [6, 6.07) is 0. The quantitative estimate of drug-likeness (QED) is 0.585. The van der Waals surface area contributed by atoms with Crippen molar-refractivity contribution in [2.24, 2.45) is 0 Å². The van der Waals surface area contributed by atoms with Crippen LogP contribution in [0.25, 0.3) is 0 Å².